The molecule has 3 aromatic carbocycles. The zero-order valence-electron chi connectivity index (χ0n) is 20.6. The number of aryl methyl sites for hydroxylation is 1. The van der Waals surface area contributed by atoms with Crippen molar-refractivity contribution in [3.8, 4) is 23.3 Å². The first-order chi connectivity index (χ1) is 18.9. The Bertz CT molecular complexity index is 1720. The van der Waals surface area contributed by atoms with Crippen LogP contribution in [-0.4, -0.2) is 14.9 Å². The molecule has 5 rings (SSSR count). The standard InChI is InChI=1S/C29H20ClN5O4/c1-18-2-4-19(5-3-18)17-38-27-7-6-21(12-24(27)30)34-29-20(15-31)16-33-25-14-28(26(35(36)37)13-23(25)29)39-22-8-10-32-11-9-22/h2-14,16H,17H2,1H3,(H,33,34). The van der Waals surface area contributed by atoms with Crippen molar-refractivity contribution in [2.45, 2.75) is 13.5 Å². The van der Waals surface area contributed by atoms with E-state index in [-0.39, 0.29) is 17.0 Å². The van der Waals surface area contributed by atoms with Crippen molar-refractivity contribution in [1.82, 2.24) is 9.97 Å². The minimum absolute atomic E-state index is 0.0139. The van der Waals surface area contributed by atoms with Crippen LogP contribution in [0.25, 0.3) is 10.9 Å². The van der Waals surface area contributed by atoms with Crippen molar-refractivity contribution >= 4 is 39.6 Å². The van der Waals surface area contributed by atoms with Gasteiger partial charge in [-0.3, -0.25) is 20.1 Å². The second-order valence-corrected chi connectivity index (χ2v) is 8.99. The van der Waals surface area contributed by atoms with Crippen LogP contribution in [0.15, 0.2) is 85.3 Å². The molecule has 0 fully saturated rings. The predicted molar refractivity (Wildman–Crippen MR) is 148 cm³/mol. The summed E-state index contributed by atoms with van der Waals surface area (Å²) in [5.41, 5.74) is 3.41. The molecule has 2 aromatic heterocycles. The maximum atomic E-state index is 11.9. The molecule has 10 heteroatoms. The lowest BCUT2D eigenvalue weighted by Crippen LogP contribution is -2.00. The van der Waals surface area contributed by atoms with Crippen LogP contribution in [-0.2, 0) is 6.61 Å². The number of fused-ring (bicyclic) bond motifs is 1. The van der Waals surface area contributed by atoms with E-state index in [9.17, 15) is 15.4 Å². The lowest BCUT2D eigenvalue weighted by Gasteiger charge is -2.14. The first-order valence-electron chi connectivity index (χ1n) is 11.8. The molecule has 0 atom stereocenters. The van der Waals surface area contributed by atoms with Gasteiger partial charge in [-0.1, -0.05) is 41.4 Å². The third kappa shape index (κ3) is 5.71. The average Bonchev–Trinajstić information content (AvgIpc) is 2.94. The Morgan fingerprint density at radius 2 is 1.82 bits per heavy atom. The van der Waals surface area contributed by atoms with Gasteiger partial charge >= 0.3 is 5.69 Å². The number of anilines is 2. The molecule has 0 aliphatic rings. The Kier molecular flexibility index (Phi) is 7.21. The van der Waals surface area contributed by atoms with Gasteiger partial charge in [-0.25, -0.2) is 0 Å². The van der Waals surface area contributed by atoms with E-state index in [2.05, 4.69) is 21.4 Å². The fraction of sp³-hybridized carbons (Fsp3) is 0.0690. The zero-order valence-corrected chi connectivity index (χ0v) is 21.3. The molecule has 2 heterocycles. The van der Waals surface area contributed by atoms with Gasteiger partial charge in [0, 0.05) is 41.8 Å². The number of pyridine rings is 2. The molecule has 0 aliphatic carbocycles. The highest BCUT2D eigenvalue weighted by atomic mass is 35.5. The normalized spacial score (nSPS) is 10.6. The molecule has 1 N–H and O–H groups in total. The Labute approximate surface area is 228 Å². The fourth-order valence-electron chi connectivity index (χ4n) is 3.87. The maximum absolute atomic E-state index is 11.9. The van der Waals surface area contributed by atoms with E-state index < -0.39 is 4.92 Å². The Hall–Kier alpha value is -5.20. The summed E-state index contributed by atoms with van der Waals surface area (Å²) in [7, 11) is 0. The van der Waals surface area contributed by atoms with Gasteiger partial charge in [-0.05, 0) is 42.8 Å². The van der Waals surface area contributed by atoms with E-state index in [4.69, 9.17) is 21.1 Å². The lowest BCUT2D eigenvalue weighted by atomic mass is 10.1. The van der Waals surface area contributed by atoms with Crippen LogP contribution in [0, 0.1) is 28.4 Å². The molecule has 192 valence electrons. The first-order valence-corrected chi connectivity index (χ1v) is 12.1. The molecule has 0 spiro atoms. The number of nitro groups is 1. The summed E-state index contributed by atoms with van der Waals surface area (Å²) < 4.78 is 11.6. The molecular weight excluding hydrogens is 518 g/mol. The van der Waals surface area contributed by atoms with Crippen molar-refractivity contribution in [2.75, 3.05) is 5.32 Å². The number of hydrogen-bond donors (Lipinski definition) is 1. The molecular formula is C29H20ClN5O4. The van der Waals surface area contributed by atoms with E-state index in [0.29, 0.717) is 45.4 Å². The SMILES string of the molecule is Cc1ccc(COc2ccc(Nc3c(C#N)cnc4cc(Oc5ccncc5)c([N+](=O)[O-])cc34)cc2Cl)cc1. The van der Waals surface area contributed by atoms with Crippen molar-refractivity contribution in [3.05, 3.63) is 117 Å². The summed E-state index contributed by atoms with van der Waals surface area (Å²) in [6.45, 7) is 2.37. The summed E-state index contributed by atoms with van der Waals surface area (Å²) in [6.07, 6.45) is 4.44. The topological polar surface area (TPSA) is 123 Å². The summed E-state index contributed by atoms with van der Waals surface area (Å²) in [5.74, 6) is 0.898. The van der Waals surface area contributed by atoms with Crippen molar-refractivity contribution in [2.24, 2.45) is 0 Å². The second-order valence-electron chi connectivity index (χ2n) is 8.58. The van der Waals surface area contributed by atoms with Gasteiger partial charge in [0.2, 0.25) is 5.75 Å². The summed E-state index contributed by atoms with van der Waals surface area (Å²) in [6, 6.07) is 21.2. The quantitative estimate of drug-likeness (QED) is 0.159. The van der Waals surface area contributed by atoms with Gasteiger partial charge in [-0.2, -0.15) is 5.26 Å². The molecule has 0 bridgehead atoms. The number of rotatable bonds is 8. The molecule has 9 nitrogen and oxygen atoms in total. The van der Waals surface area contributed by atoms with E-state index in [1.807, 2.05) is 31.2 Å². The number of nitrogens with one attached hydrogen (secondary N) is 1. The Morgan fingerprint density at radius 1 is 1.05 bits per heavy atom. The van der Waals surface area contributed by atoms with Gasteiger partial charge in [0.1, 0.15) is 24.2 Å². The molecule has 0 unspecified atom stereocenters. The molecule has 0 radical (unpaired) electrons. The predicted octanol–water partition coefficient (Wildman–Crippen LogP) is 7.49. The maximum Gasteiger partial charge on any atom is 0.312 e. The third-order valence-corrected chi connectivity index (χ3v) is 6.15. The lowest BCUT2D eigenvalue weighted by molar-refractivity contribution is -0.385. The number of nitro benzene ring substituents is 1. The van der Waals surface area contributed by atoms with Crippen LogP contribution in [0.2, 0.25) is 5.02 Å². The van der Waals surface area contributed by atoms with Crippen LogP contribution >= 0.6 is 11.6 Å². The van der Waals surface area contributed by atoms with Crippen LogP contribution in [0.1, 0.15) is 16.7 Å². The Morgan fingerprint density at radius 3 is 2.51 bits per heavy atom. The number of nitriles is 1. The zero-order chi connectivity index (χ0) is 27.4. The molecule has 0 amide bonds. The van der Waals surface area contributed by atoms with Crippen LogP contribution < -0.4 is 14.8 Å². The highest BCUT2D eigenvalue weighted by Gasteiger charge is 2.21. The van der Waals surface area contributed by atoms with E-state index in [1.165, 1.54) is 30.7 Å². The monoisotopic (exact) mass is 537 g/mol. The van der Waals surface area contributed by atoms with Gasteiger partial charge in [0.25, 0.3) is 0 Å². The summed E-state index contributed by atoms with van der Waals surface area (Å²) in [4.78, 5) is 19.6. The molecule has 5 aromatic rings. The number of halogens is 1. The molecule has 0 saturated carbocycles. The van der Waals surface area contributed by atoms with Crippen molar-refractivity contribution in [3.63, 3.8) is 0 Å². The average molecular weight is 538 g/mol. The van der Waals surface area contributed by atoms with Crippen molar-refractivity contribution in [1.29, 1.82) is 5.26 Å². The van der Waals surface area contributed by atoms with Crippen LogP contribution in [0.5, 0.6) is 17.2 Å². The highest BCUT2D eigenvalue weighted by molar-refractivity contribution is 6.32. The molecule has 0 saturated heterocycles. The number of benzene rings is 3. The number of aromatic nitrogens is 2. The minimum atomic E-state index is -0.546. The van der Waals surface area contributed by atoms with Crippen molar-refractivity contribution < 1.29 is 14.4 Å². The smallest absolute Gasteiger partial charge is 0.312 e. The van der Waals surface area contributed by atoms with E-state index >= 15 is 0 Å². The van der Waals surface area contributed by atoms with Crippen LogP contribution in [0.3, 0.4) is 0 Å². The molecule has 0 aliphatic heterocycles. The van der Waals surface area contributed by atoms with Crippen LogP contribution in [0.4, 0.5) is 17.1 Å². The van der Waals surface area contributed by atoms with E-state index in [0.717, 1.165) is 11.1 Å². The summed E-state index contributed by atoms with van der Waals surface area (Å²) >= 11 is 6.49. The minimum Gasteiger partial charge on any atom is -0.487 e. The third-order valence-electron chi connectivity index (χ3n) is 5.86. The highest BCUT2D eigenvalue weighted by Crippen LogP contribution is 2.39. The number of ether oxygens (including phenoxy) is 2. The number of nitrogens with zero attached hydrogens (tertiary/aromatic N) is 4. The molecule has 39 heavy (non-hydrogen) atoms. The largest absolute Gasteiger partial charge is 0.487 e. The van der Waals surface area contributed by atoms with Gasteiger partial charge in [0.15, 0.2) is 0 Å². The second kappa shape index (κ2) is 11.0. The van der Waals surface area contributed by atoms with Gasteiger partial charge in [-0.15, -0.1) is 0 Å². The van der Waals surface area contributed by atoms with Gasteiger partial charge < -0.3 is 14.8 Å². The Balaban J connectivity index is 1.46. The van der Waals surface area contributed by atoms with E-state index in [1.54, 1.807) is 30.3 Å². The first kappa shape index (κ1) is 25.4. The summed E-state index contributed by atoms with van der Waals surface area (Å²) in [5, 5.41) is 25.6. The number of hydrogen-bond acceptors (Lipinski definition) is 8. The fourth-order valence-corrected chi connectivity index (χ4v) is 4.11. The van der Waals surface area contributed by atoms with Gasteiger partial charge in [0.05, 0.1) is 26.7 Å².